The molecule has 2 aromatic rings. The van der Waals surface area contributed by atoms with Gasteiger partial charge in [0.1, 0.15) is 12.4 Å². The third-order valence-corrected chi connectivity index (χ3v) is 3.61. The highest BCUT2D eigenvalue weighted by Crippen LogP contribution is 2.31. The molecule has 3 nitrogen and oxygen atoms in total. The molecule has 20 heavy (non-hydrogen) atoms. The quantitative estimate of drug-likeness (QED) is 0.778. The highest BCUT2D eigenvalue weighted by atomic mass is 79.9. The molecule has 104 valence electrons. The van der Waals surface area contributed by atoms with E-state index in [2.05, 4.69) is 22.5 Å². The Morgan fingerprint density at radius 1 is 1.35 bits per heavy atom. The molecule has 0 fully saturated rings. The molecular weight excluding hydrogens is 318 g/mol. The molecule has 1 heterocycles. The van der Waals surface area contributed by atoms with Gasteiger partial charge in [-0.05, 0) is 47.1 Å². The van der Waals surface area contributed by atoms with E-state index in [0.29, 0.717) is 13.2 Å². The summed E-state index contributed by atoms with van der Waals surface area (Å²) in [7, 11) is 0. The van der Waals surface area contributed by atoms with Gasteiger partial charge in [-0.2, -0.15) is 0 Å². The minimum absolute atomic E-state index is 0.00360. The third-order valence-electron chi connectivity index (χ3n) is 2.95. The number of hydrogen-bond acceptors (Lipinski definition) is 2. The highest BCUT2D eigenvalue weighted by molar-refractivity contribution is 9.10. The molecule has 0 bridgehead atoms. The number of ether oxygens (including phenoxy) is 1. The third kappa shape index (κ3) is 3.02. The molecule has 0 saturated carbocycles. The first-order valence-corrected chi connectivity index (χ1v) is 7.20. The average Bonchev–Trinajstić information content (AvgIpc) is 2.45. The Morgan fingerprint density at radius 2 is 2.15 bits per heavy atom. The van der Waals surface area contributed by atoms with Crippen molar-refractivity contribution in [3.8, 4) is 17.0 Å². The SMILES string of the molecule is C=CCOc1ccc(-c2cccc(=O)n2CC)c(Br)c1. The normalized spacial score (nSPS) is 10.3. The zero-order valence-electron chi connectivity index (χ0n) is 11.3. The van der Waals surface area contributed by atoms with E-state index in [4.69, 9.17) is 4.74 Å². The molecule has 0 saturated heterocycles. The summed E-state index contributed by atoms with van der Waals surface area (Å²) in [6, 6.07) is 11.0. The number of pyridine rings is 1. The van der Waals surface area contributed by atoms with Crippen molar-refractivity contribution in [2.45, 2.75) is 13.5 Å². The minimum Gasteiger partial charge on any atom is -0.490 e. The summed E-state index contributed by atoms with van der Waals surface area (Å²) < 4.78 is 8.13. The Labute approximate surface area is 126 Å². The van der Waals surface area contributed by atoms with Gasteiger partial charge >= 0.3 is 0 Å². The van der Waals surface area contributed by atoms with Gasteiger partial charge in [-0.1, -0.05) is 18.7 Å². The van der Waals surface area contributed by atoms with Gasteiger partial charge < -0.3 is 9.30 Å². The molecule has 0 N–H and O–H groups in total. The van der Waals surface area contributed by atoms with Crippen LogP contribution in [0.4, 0.5) is 0 Å². The van der Waals surface area contributed by atoms with E-state index in [1.165, 1.54) is 0 Å². The first-order valence-electron chi connectivity index (χ1n) is 6.41. The molecule has 0 amide bonds. The van der Waals surface area contributed by atoms with Gasteiger partial charge in [0.2, 0.25) is 0 Å². The zero-order chi connectivity index (χ0) is 14.5. The van der Waals surface area contributed by atoms with Gasteiger partial charge in [0.05, 0.1) is 5.69 Å². The van der Waals surface area contributed by atoms with Gasteiger partial charge in [0.15, 0.2) is 0 Å². The van der Waals surface area contributed by atoms with Gasteiger partial charge in [-0.3, -0.25) is 4.79 Å². The summed E-state index contributed by atoms with van der Waals surface area (Å²) >= 11 is 3.54. The van der Waals surface area contributed by atoms with Crippen LogP contribution in [0.2, 0.25) is 0 Å². The summed E-state index contributed by atoms with van der Waals surface area (Å²) in [4.78, 5) is 11.9. The topological polar surface area (TPSA) is 31.2 Å². The lowest BCUT2D eigenvalue weighted by molar-refractivity contribution is 0.363. The van der Waals surface area contributed by atoms with Crippen LogP contribution >= 0.6 is 15.9 Å². The first kappa shape index (κ1) is 14.6. The maximum atomic E-state index is 11.9. The molecule has 1 aromatic carbocycles. The second-order valence-corrected chi connectivity index (χ2v) is 5.09. The molecule has 0 aliphatic carbocycles. The van der Waals surface area contributed by atoms with Crippen LogP contribution < -0.4 is 10.3 Å². The minimum atomic E-state index is 0.00360. The van der Waals surface area contributed by atoms with Crippen LogP contribution in [-0.4, -0.2) is 11.2 Å². The summed E-state index contributed by atoms with van der Waals surface area (Å²) in [6.07, 6.45) is 1.70. The molecular formula is C16H16BrNO2. The van der Waals surface area contributed by atoms with Crippen molar-refractivity contribution in [3.63, 3.8) is 0 Å². The predicted molar refractivity (Wildman–Crippen MR) is 85.2 cm³/mol. The molecule has 0 spiro atoms. The lowest BCUT2D eigenvalue weighted by Crippen LogP contribution is -2.19. The smallest absolute Gasteiger partial charge is 0.250 e. The van der Waals surface area contributed by atoms with Crippen molar-refractivity contribution >= 4 is 15.9 Å². The molecule has 0 aliphatic heterocycles. The van der Waals surface area contributed by atoms with Crippen molar-refractivity contribution < 1.29 is 4.74 Å². The fourth-order valence-electron chi connectivity index (χ4n) is 2.03. The zero-order valence-corrected chi connectivity index (χ0v) is 12.9. The van der Waals surface area contributed by atoms with Crippen LogP contribution in [0.3, 0.4) is 0 Å². The number of benzene rings is 1. The highest BCUT2D eigenvalue weighted by Gasteiger charge is 2.09. The number of nitrogens with zero attached hydrogens (tertiary/aromatic N) is 1. The first-order chi connectivity index (χ1) is 9.67. The lowest BCUT2D eigenvalue weighted by Gasteiger charge is -2.13. The van der Waals surface area contributed by atoms with E-state index in [-0.39, 0.29) is 5.56 Å². The fraction of sp³-hybridized carbons (Fsp3) is 0.188. The number of aromatic nitrogens is 1. The van der Waals surface area contributed by atoms with E-state index < -0.39 is 0 Å². The predicted octanol–water partition coefficient (Wildman–Crippen LogP) is 3.86. The van der Waals surface area contributed by atoms with E-state index in [9.17, 15) is 4.79 Å². The van der Waals surface area contributed by atoms with Gasteiger partial charge in [-0.15, -0.1) is 0 Å². The van der Waals surface area contributed by atoms with Gasteiger partial charge in [-0.25, -0.2) is 0 Å². The van der Waals surface area contributed by atoms with Crippen LogP contribution in [-0.2, 0) is 6.54 Å². The van der Waals surface area contributed by atoms with E-state index >= 15 is 0 Å². The van der Waals surface area contributed by atoms with Crippen LogP contribution in [0, 0.1) is 0 Å². The summed E-state index contributed by atoms with van der Waals surface area (Å²) in [5, 5.41) is 0. The maximum absolute atomic E-state index is 11.9. The molecule has 0 unspecified atom stereocenters. The Balaban J connectivity index is 2.46. The standard InChI is InChI=1S/C16H16BrNO2/c1-3-10-20-12-8-9-13(14(17)11-12)15-6-5-7-16(19)18(15)4-2/h3,5-9,11H,1,4,10H2,2H3. The second kappa shape index (κ2) is 6.57. The number of rotatable bonds is 5. The van der Waals surface area contributed by atoms with Crippen molar-refractivity contribution in [2.75, 3.05) is 6.61 Å². The lowest BCUT2D eigenvalue weighted by atomic mass is 10.1. The van der Waals surface area contributed by atoms with Crippen molar-refractivity contribution in [1.82, 2.24) is 4.57 Å². The molecule has 4 heteroatoms. The number of hydrogen-bond donors (Lipinski definition) is 0. The van der Waals surface area contributed by atoms with Crippen LogP contribution in [0.15, 0.2) is 58.3 Å². The van der Waals surface area contributed by atoms with Crippen molar-refractivity contribution in [2.24, 2.45) is 0 Å². The molecule has 2 rings (SSSR count). The van der Waals surface area contributed by atoms with Crippen molar-refractivity contribution in [1.29, 1.82) is 0 Å². The van der Waals surface area contributed by atoms with E-state index in [0.717, 1.165) is 21.5 Å². The molecule has 0 atom stereocenters. The molecule has 0 radical (unpaired) electrons. The summed E-state index contributed by atoms with van der Waals surface area (Å²) in [5.74, 6) is 0.766. The average molecular weight is 334 g/mol. The number of halogens is 1. The summed E-state index contributed by atoms with van der Waals surface area (Å²) in [6.45, 7) is 6.68. The Morgan fingerprint density at radius 3 is 2.80 bits per heavy atom. The Hall–Kier alpha value is -1.81. The maximum Gasteiger partial charge on any atom is 0.250 e. The Bertz CT molecular complexity index is 676. The largest absolute Gasteiger partial charge is 0.490 e. The van der Waals surface area contributed by atoms with Crippen LogP contribution in [0.25, 0.3) is 11.3 Å². The van der Waals surface area contributed by atoms with Gasteiger partial charge in [0, 0.05) is 22.6 Å². The van der Waals surface area contributed by atoms with E-state index in [1.807, 2.05) is 31.2 Å². The monoisotopic (exact) mass is 333 g/mol. The second-order valence-electron chi connectivity index (χ2n) is 4.23. The fourth-order valence-corrected chi connectivity index (χ4v) is 2.59. The molecule has 0 aliphatic rings. The van der Waals surface area contributed by atoms with Crippen LogP contribution in [0.5, 0.6) is 5.75 Å². The van der Waals surface area contributed by atoms with Gasteiger partial charge in [0.25, 0.3) is 5.56 Å². The molecule has 1 aromatic heterocycles. The van der Waals surface area contributed by atoms with Crippen LogP contribution in [0.1, 0.15) is 6.92 Å². The van der Waals surface area contributed by atoms with E-state index in [1.54, 1.807) is 22.8 Å². The Kier molecular flexibility index (Phi) is 4.79. The summed E-state index contributed by atoms with van der Waals surface area (Å²) in [5.41, 5.74) is 1.86. The van der Waals surface area contributed by atoms with Crippen molar-refractivity contribution in [3.05, 3.63) is 63.9 Å².